The molecule has 0 unspecified atom stereocenters. The number of hydrogen-bond donors (Lipinski definition) is 1. The quantitative estimate of drug-likeness (QED) is 0.876. The highest BCUT2D eigenvalue weighted by Crippen LogP contribution is 2.34. The fourth-order valence-corrected chi connectivity index (χ4v) is 1.70. The predicted octanol–water partition coefficient (Wildman–Crippen LogP) is 2.08. The van der Waals surface area contributed by atoms with Gasteiger partial charge in [0.2, 0.25) is 0 Å². The fourth-order valence-electron chi connectivity index (χ4n) is 1.70. The van der Waals surface area contributed by atoms with Crippen LogP contribution >= 0.6 is 0 Å². The molecule has 0 radical (unpaired) electrons. The Labute approximate surface area is 99.1 Å². The van der Waals surface area contributed by atoms with Crippen LogP contribution in [0.25, 0.3) is 11.3 Å². The van der Waals surface area contributed by atoms with Crippen molar-refractivity contribution in [3.8, 4) is 17.1 Å². The Morgan fingerprint density at radius 2 is 2.18 bits per heavy atom. The summed E-state index contributed by atoms with van der Waals surface area (Å²) in [7, 11) is 3.25. The summed E-state index contributed by atoms with van der Waals surface area (Å²) in [6.07, 6.45) is 0. The minimum atomic E-state index is 0.346. The number of benzene rings is 1. The molecule has 1 aromatic carbocycles. The molecular weight excluding hydrogens is 220 g/mol. The first kappa shape index (κ1) is 11.5. The second kappa shape index (κ2) is 4.88. The average Bonchev–Trinajstić information content (AvgIpc) is 2.76. The van der Waals surface area contributed by atoms with E-state index in [1.807, 2.05) is 18.2 Å². The summed E-state index contributed by atoms with van der Waals surface area (Å²) in [6.45, 7) is 0.473. The number of methoxy groups -OCH3 is 2. The summed E-state index contributed by atoms with van der Waals surface area (Å²) in [5.41, 5.74) is 7.29. The van der Waals surface area contributed by atoms with E-state index < -0.39 is 0 Å². The van der Waals surface area contributed by atoms with Crippen LogP contribution in [-0.2, 0) is 11.3 Å². The van der Waals surface area contributed by atoms with Crippen LogP contribution in [0.2, 0.25) is 0 Å². The van der Waals surface area contributed by atoms with Crippen molar-refractivity contribution in [1.29, 1.82) is 0 Å². The second-order valence-electron chi connectivity index (χ2n) is 3.55. The van der Waals surface area contributed by atoms with Crippen molar-refractivity contribution in [2.45, 2.75) is 6.61 Å². The maximum Gasteiger partial charge on any atom is 0.172 e. The van der Waals surface area contributed by atoms with Gasteiger partial charge in [-0.2, -0.15) is 0 Å². The standard InChI is InChI=1S/C12H14N2O3/c1-15-7-8-4-3-5-9(12(8)16-2)10-6-11(13)14-17-10/h3-6H,7H2,1-2H3,(H2,13,14). The molecular formula is C12H14N2O3. The molecule has 0 saturated carbocycles. The lowest BCUT2D eigenvalue weighted by Crippen LogP contribution is -1.95. The Morgan fingerprint density at radius 3 is 2.76 bits per heavy atom. The third kappa shape index (κ3) is 2.24. The van der Waals surface area contributed by atoms with E-state index in [2.05, 4.69) is 5.16 Å². The summed E-state index contributed by atoms with van der Waals surface area (Å²) in [5.74, 6) is 1.64. The lowest BCUT2D eigenvalue weighted by atomic mass is 10.1. The van der Waals surface area contributed by atoms with Crippen molar-refractivity contribution in [3.63, 3.8) is 0 Å². The van der Waals surface area contributed by atoms with Gasteiger partial charge in [-0.3, -0.25) is 0 Å². The van der Waals surface area contributed by atoms with Crippen molar-refractivity contribution in [3.05, 3.63) is 29.8 Å². The smallest absolute Gasteiger partial charge is 0.172 e. The Balaban J connectivity index is 2.49. The number of para-hydroxylation sites is 1. The summed E-state index contributed by atoms with van der Waals surface area (Å²) < 4.78 is 15.6. The van der Waals surface area contributed by atoms with Gasteiger partial charge >= 0.3 is 0 Å². The summed E-state index contributed by atoms with van der Waals surface area (Å²) >= 11 is 0. The summed E-state index contributed by atoms with van der Waals surface area (Å²) in [5, 5.41) is 3.66. The molecule has 5 heteroatoms. The van der Waals surface area contributed by atoms with Crippen LogP contribution in [0.1, 0.15) is 5.56 Å². The molecule has 0 aliphatic rings. The van der Waals surface area contributed by atoms with E-state index in [0.717, 1.165) is 11.1 Å². The highest BCUT2D eigenvalue weighted by molar-refractivity contribution is 5.69. The SMILES string of the molecule is COCc1cccc(-c2cc(N)no2)c1OC. The van der Waals surface area contributed by atoms with Crippen LogP contribution in [0.5, 0.6) is 5.75 Å². The molecule has 0 saturated heterocycles. The predicted molar refractivity (Wildman–Crippen MR) is 63.6 cm³/mol. The van der Waals surface area contributed by atoms with E-state index in [4.69, 9.17) is 19.7 Å². The first-order chi connectivity index (χ1) is 8.26. The largest absolute Gasteiger partial charge is 0.496 e. The Morgan fingerprint density at radius 1 is 1.35 bits per heavy atom. The van der Waals surface area contributed by atoms with Gasteiger partial charge in [-0.05, 0) is 6.07 Å². The van der Waals surface area contributed by atoms with Crippen LogP contribution in [-0.4, -0.2) is 19.4 Å². The van der Waals surface area contributed by atoms with Gasteiger partial charge < -0.3 is 19.7 Å². The lowest BCUT2D eigenvalue weighted by molar-refractivity contribution is 0.181. The molecule has 0 aliphatic carbocycles. The molecule has 0 bridgehead atoms. The van der Waals surface area contributed by atoms with Crippen molar-refractivity contribution >= 4 is 5.82 Å². The lowest BCUT2D eigenvalue weighted by Gasteiger charge is -2.10. The van der Waals surface area contributed by atoms with Crippen molar-refractivity contribution in [2.24, 2.45) is 0 Å². The molecule has 0 spiro atoms. The van der Waals surface area contributed by atoms with Crippen LogP contribution < -0.4 is 10.5 Å². The second-order valence-corrected chi connectivity index (χ2v) is 3.55. The maximum absolute atomic E-state index is 5.53. The zero-order valence-electron chi connectivity index (χ0n) is 9.77. The van der Waals surface area contributed by atoms with Crippen LogP contribution in [0, 0.1) is 0 Å². The molecule has 90 valence electrons. The van der Waals surface area contributed by atoms with Crippen LogP contribution in [0.4, 0.5) is 5.82 Å². The molecule has 17 heavy (non-hydrogen) atoms. The van der Waals surface area contributed by atoms with Gasteiger partial charge in [-0.1, -0.05) is 17.3 Å². The summed E-state index contributed by atoms with van der Waals surface area (Å²) in [4.78, 5) is 0. The van der Waals surface area contributed by atoms with E-state index in [9.17, 15) is 0 Å². The third-order valence-electron chi connectivity index (χ3n) is 2.39. The van der Waals surface area contributed by atoms with E-state index in [1.165, 1.54) is 0 Å². The Hall–Kier alpha value is -2.01. The van der Waals surface area contributed by atoms with Gasteiger partial charge in [0.1, 0.15) is 5.75 Å². The Bertz CT molecular complexity index is 508. The van der Waals surface area contributed by atoms with Crippen molar-refractivity contribution in [2.75, 3.05) is 20.0 Å². The summed E-state index contributed by atoms with van der Waals surface area (Å²) in [6, 6.07) is 7.39. The number of aromatic nitrogens is 1. The molecule has 2 aromatic rings. The molecule has 0 atom stereocenters. The van der Waals surface area contributed by atoms with Crippen molar-refractivity contribution in [1.82, 2.24) is 5.16 Å². The van der Waals surface area contributed by atoms with E-state index in [1.54, 1.807) is 20.3 Å². The fraction of sp³-hybridized carbons (Fsp3) is 0.250. The van der Waals surface area contributed by atoms with Crippen LogP contribution in [0.3, 0.4) is 0 Å². The molecule has 0 fully saturated rings. The van der Waals surface area contributed by atoms with E-state index in [-0.39, 0.29) is 0 Å². The number of anilines is 1. The van der Waals surface area contributed by atoms with Crippen LogP contribution in [0.15, 0.2) is 28.8 Å². The minimum Gasteiger partial charge on any atom is -0.496 e. The topological polar surface area (TPSA) is 70.5 Å². The monoisotopic (exact) mass is 234 g/mol. The minimum absolute atomic E-state index is 0.346. The first-order valence-corrected chi connectivity index (χ1v) is 5.13. The first-order valence-electron chi connectivity index (χ1n) is 5.13. The number of hydrogen-bond acceptors (Lipinski definition) is 5. The van der Waals surface area contributed by atoms with Gasteiger partial charge in [-0.25, -0.2) is 0 Å². The van der Waals surface area contributed by atoms with Gasteiger partial charge in [-0.15, -0.1) is 0 Å². The number of nitrogens with two attached hydrogens (primary N) is 1. The van der Waals surface area contributed by atoms with Gasteiger partial charge in [0.05, 0.1) is 19.3 Å². The van der Waals surface area contributed by atoms with Crippen molar-refractivity contribution < 1.29 is 14.0 Å². The molecule has 2 rings (SSSR count). The highest BCUT2D eigenvalue weighted by atomic mass is 16.5. The number of ether oxygens (including phenoxy) is 2. The zero-order valence-corrected chi connectivity index (χ0v) is 9.77. The molecule has 0 amide bonds. The number of rotatable bonds is 4. The third-order valence-corrected chi connectivity index (χ3v) is 2.39. The number of nitrogen functional groups attached to an aromatic ring is 1. The Kier molecular flexibility index (Phi) is 3.30. The molecule has 5 nitrogen and oxygen atoms in total. The van der Waals surface area contributed by atoms with Gasteiger partial charge in [0.25, 0.3) is 0 Å². The zero-order chi connectivity index (χ0) is 12.3. The van der Waals surface area contributed by atoms with Gasteiger partial charge in [0, 0.05) is 18.7 Å². The van der Waals surface area contributed by atoms with Gasteiger partial charge in [0.15, 0.2) is 11.6 Å². The molecule has 1 heterocycles. The average molecular weight is 234 g/mol. The molecule has 2 N–H and O–H groups in total. The number of nitrogens with zero attached hydrogens (tertiary/aromatic N) is 1. The van der Waals surface area contributed by atoms with E-state index >= 15 is 0 Å². The molecule has 0 aliphatic heterocycles. The molecule has 1 aromatic heterocycles. The normalized spacial score (nSPS) is 10.5. The highest BCUT2D eigenvalue weighted by Gasteiger charge is 2.14. The maximum atomic E-state index is 5.53. The van der Waals surface area contributed by atoms with E-state index in [0.29, 0.717) is 23.9 Å².